The number of furan rings is 1. The summed E-state index contributed by atoms with van der Waals surface area (Å²) < 4.78 is 10.9. The van der Waals surface area contributed by atoms with Crippen molar-refractivity contribution >= 4 is 34.6 Å². The molecule has 1 N–H and O–H groups in total. The van der Waals surface area contributed by atoms with E-state index in [0.717, 1.165) is 24.2 Å². The lowest BCUT2D eigenvalue weighted by molar-refractivity contribution is 0.357. The van der Waals surface area contributed by atoms with Gasteiger partial charge in [-0.1, -0.05) is 24.6 Å². The van der Waals surface area contributed by atoms with Crippen molar-refractivity contribution in [3.63, 3.8) is 0 Å². The number of hydrogen-bond acceptors (Lipinski definition) is 5. The molecule has 0 bridgehead atoms. The van der Waals surface area contributed by atoms with Crippen molar-refractivity contribution in [2.24, 2.45) is 0 Å². The van der Waals surface area contributed by atoms with Gasteiger partial charge in [-0.3, -0.25) is 0 Å². The molecule has 2 aromatic heterocycles. The molecule has 26 heavy (non-hydrogen) atoms. The number of nitrogens with one attached hydrogen (secondary N) is 1. The molecule has 3 aromatic rings. The van der Waals surface area contributed by atoms with Crippen LogP contribution in [0.2, 0.25) is 5.02 Å². The summed E-state index contributed by atoms with van der Waals surface area (Å²) in [7, 11) is 0. The minimum Gasteiger partial charge on any atom is -0.459 e. The summed E-state index contributed by atoms with van der Waals surface area (Å²) in [5.74, 6) is 1.36. The van der Waals surface area contributed by atoms with Gasteiger partial charge in [0.1, 0.15) is 0 Å². The van der Waals surface area contributed by atoms with Crippen LogP contribution in [0.25, 0.3) is 11.7 Å². The van der Waals surface area contributed by atoms with Gasteiger partial charge in [0.2, 0.25) is 5.89 Å². The molecule has 3 rings (SSSR count). The van der Waals surface area contributed by atoms with Gasteiger partial charge >= 0.3 is 0 Å². The van der Waals surface area contributed by atoms with Crippen molar-refractivity contribution in [3.8, 4) is 11.7 Å². The second-order valence-electron chi connectivity index (χ2n) is 5.79. The first kappa shape index (κ1) is 18.4. The number of hydrogen-bond donors (Lipinski definition) is 1. The first-order valence-corrected chi connectivity index (χ1v) is 9.03. The summed E-state index contributed by atoms with van der Waals surface area (Å²) in [6.07, 6.45) is 2.49. The first-order chi connectivity index (χ1) is 12.6. The van der Waals surface area contributed by atoms with E-state index < -0.39 is 0 Å². The molecule has 0 unspecified atom stereocenters. The number of aryl methyl sites for hydroxylation is 1. The van der Waals surface area contributed by atoms with Gasteiger partial charge in [0.15, 0.2) is 10.9 Å². The standard InChI is InChI=1S/C18H19ClN4O2S/c1-3-8-23(18(26)20-13-7-6-12(2)14(19)10-13)11-16-21-22-17(25-16)15-5-4-9-24-15/h4-7,9-10H,3,8,11H2,1-2H3,(H,20,26). The molecular formula is C18H19ClN4O2S. The zero-order valence-electron chi connectivity index (χ0n) is 14.5. The van der Waals surface area contributed by atoms with E-state index in [2.05, 4.69) is 22.4 Å². The SMILES string of the molecule is CCCN(Cc1nnc(-c2ccco2)o1)C(=S)Nc1ccc(C)c(Cl)c1. The van der Waals surface area contributed by atoms with Gasteiger partial charge < -0.3 is 19.1 Å². The van der Waals surface area contributed by atoms with Gasteiger partial charge in [0.05, 0.1) is 12.8 Å². The molecule has 2 heterocycles. The lowest BCUT2D eigenvalue weighted by atomic mass is 10.2. The maximum Gasteiger partial charge on any atom is 0.283 e. The minimum absolute atomic E-state index is 0.352. The first-order valence-electron chi connectivity index (χ1n) is 8.25. The van der Waals surface area contributed by atoms with Crippen LogP contribution in [0.15, 0.2) is 45.4 Å². The molecule has 0 saturated carbocycles. The molecule has 0 aliphatic heterocycles. The summed E-state index contributed by atoms with van der Waals surface area (Å²) >= 11 is 11.7. The second-order valence-corrected chi connectivity index (χ2v) is 6.59. The van der Waals surface area contributed by atoms with Crippen LogP contribution < -0.4 is 5.32 Å². The van der Waals surface area contributed by atoms with Gasteiger partial charge in [-0.15, -0.1) is 10.2 Å². The van der Waals surface area contributed by atoms with Crippen molar-refractivity contribution in [2.75, 3.05) is 11.9 Å². The number of rotatable bonds is 6. The van der Waals surface area contributed by atoms with E-state index in [0.29, 0.717) is 34.2 Å². The third-order valence-corrected chi connectivity index (χ3v) is 4.50. The predicted octanol–water partition coefficient (Wildman–Crippen LogP) is 4.90. The number of halogens is 1. The summed E-state index contributed by atoms with van der Waals surface area (Å²) in [5.41, 5.74) is 1.86. The fourth-order valence-electron chi connectivity index (χ4n) is 2.38. The van der Waals surface area contributed by atoms with Crippen LogP contribution in [0.4, 0.5) is 5.69 Å². The molecule has 1 aromatic carbocycles. The quantitative estimate of drug-likeness (QED) is 0.600. The van der Waals surface area contributed by atoms with E-state index in [4.69, 9.17) is 32.7 Å². The van der Waals surface area contributed by atoms with E-state index in [1.807, 2.05) is 30.0 Å². The average Bonchev–Trinajstić information content (AvgIpc) is 3.29. The van der Waals surface area contributed by atoms with Crippen molar-refractivity contribution < 1.29 is 8.83 Å². The Labute approximate surface area is 162 Å². The molecule has 0 aliphatic carbocycles. The molecule has 136 valence electrons. The molecule has 0 saturated heterocycles. The zero-order valence-corrected chi connectivity index (χ0v) is 16.1. The van der Waals surface area contributed by atoms with Gasteiger partial charge in [0.25, 0.3) is 5.89 Å². The zero-order chi connectivity index (χ0) is 18.5. The van der Waals surface area contributed by atoms with E-state index in [9.17, 15) is 0 Å². The molecule has 0 spiro atoms. The van der Waals surface area contributed by atoms with E-state index in [-0.39, 0.29) is 0 Å². The Morgan fingerprint density at radius 2 is 2.15 bits per heavy atom. The third-order valence-electron chi connectivity index (χ3n) is 3.73. The normalized spacial score (nSPS) is 10.7. The molecule has 0 atom stereocenters. The van der Waals surface area contributed by atoms with E-state index in [1.165, 1.54) is 0 Å². The van der Waals surface area contributed by atoms with Crippen molar-refractivity contribution in [2.45, 2.75) is 26.8 Å². The van der Waals surface area contributed by atoms with Gasteiger partial charge in [-0.25, -0.2) is 0 Å². The lowest BCUT2D eigenvalue weighted by Crippen LogP contribution is -2.35. The van der Waals surface area contributed by atoms with Crippen LogP contribution in [0, 0.1) is 6.92 Å². The van der Waals surface area contributed by atoms with Crippen LogP contribution in [0.3, 0.4) is 0 Å². The Hall–Kier alpha value is -2.38. The van der Waals surface area contributed by atoms with Gasteiger partial charge in [-0.2, -0.15) is 0 Å². The maximum absolute atomic E-state index is 6.18. The smallest absolute Gasteiger partial charge is 0.283 e. The Morgan fingerprint density at radius 1 is 1.31 bits per heavy atom. The second kappa shape index (κ2) is 8.33. The summed E-state index contributed by atoms with van der Waals surface area (Å²) in [6.45, 7) is 5.21. The maximum atomic E-state index is 6.18. The monoisotopic (exact) mass is 390 g/mol. The largest absolute Gasteiger partial charge is 0.459 e. The fourth-order valence-corrected chi connectivity index (χ4v) is 2.83. The van der Waals surface area contributed by atoms with Crippen LogP contribution in [0.1, 0.15) is 24.8 Å². The predicted molar refractivity (Wildman–Crippen MR) is 105 cm³/mol. The number of aromatic nitrogens is 2. The molecule has 8 heteroatoms. The van der Waals surface area contributed by atoms with Crippen LogP contribution in [-0.4, -0.2) is 26.8 Å². The Bertz CT molecular complexity index is 879. The molecule has 0 fully saturated rings. The highest BCUT2D eigenvalue weighted by molar-refractivity contribution is 7.80. The number of anilines is 1. The highest BCUT2D eigenvalue weighted by atomic mass is 35.5. The van der Waals surface area contributed by atoms with Gasteiger partial charge in [-0.05, 0) is 55.4 Å². The van der Waals surface area contributed by atoms with Crippen molar-refractivity contribution in [1.29, 1.82) is 0 Å². The molecule has 0 radical (unpaired) electrons. The van der Waals surface area contributed by atoms with Crippen molar-refractivity contribution in [3.05, 3.63) is 53.1 Å². The third kappa shape index (κ3) is 4.42. The fraction of sp³-hybridized carbons (Fsp3) is 0.278. The van der Waals surface area contributed by atoms with Crippen LogP contribution in [-0.2, 0) is 6.54 Å². The van der Waals surface area contributed by atoms with E-state index >= 15 is 0 Å². The Morgan fingerprint density at radius 3 is 2.85 bits per heavy atom. The van der Waals surface area contributed by atoms with E-state index in [1.54, 1.807) is 18.4 Å². The topological polar surface area (TPSA) is 67.3 Å². The van der Waals surface area contributed by atoms with Crippen LogP contribution in [0.5, 0.6) is 0 Å². The minimum atomic E-state index is 0.352. The molecule has 0 amide bonds. The summed E-state index contributed by atoms with van der Waals surface area (Å²) in [4.78, 5) is 1.97. The lowest BCUT2D eigenvalue weighted by Gasteiger charge is -2.24. The Balaban J connectivity index is 1.70. The summed E-state index contributed by atoms with van der Waals surface area (Å²) in [5, 5.41) is 12.6. The average molecular weight is 391 g/mol. The number of benzene rings is 1. The van der Waals surface area contributed by atoms with Crippen molar-refractivity contribution in [1.82, 2.24) is 15.1 Å². The highest BCUT2D eigenvalue weighted by Gasteiger charge is 2.16. The Kier molecular flexibility index (Phi) is 5.90. The molecule has 0 aliphatic rings. The number of thiocarbonyl (C=S) groups is 1. The van der Waals surface area contributed by atoms with Gasteiger partial charge in [0, 0.05) is 17.3 Å². The van der Waals surface area contributed by atoms with Crippen LogP contribution >= 0.6 is 23.8 Å². The number of nitrogens with zero attached hydrogens (tertiary/aromatic N) is 3. The molecule has 6 nitrogen and oxygen atoms in total. The highest BCUT2D eigenvalue weighted by Crippen LogP contribution is 2.21. The summed E-state index contributed by atoms with van der Waals surface area (Å²) in [6, 6.07) is 9.29. The molecular weight excluding hydrogens is 372 g/mol.